The van der Waals surface area contributed by atoms with Crippen molar-refractivity contribution in [3.05, 3.63) is 0 Å². The van der Waals surface area contributed by atoms with E-state index in [1.807, 2.05) is 0 Å². The fourth-order valence-corrected chi connectivity index (χ4v) is 3.87. The molecule has 128 valence electrons. The van der Waals surface area contributed by atoms with Crippen LogP contribution in [0.2, 0.25) is 0 Å². The summed E-state index contributed by atoms with van der Waals surface area (Å²) in [4.78, 5) is 0. The normalized spacial score (nSPS) is 18.3. The molecular weight excluding hydrogens is 252 g/mol. The van der Waals surface area contributed by atoms with Gasteiger partial charge in [-0.25, -0.2) is 0 Å². The highest BCUT2D eigenvalue weighted by Crippen LogP contribution is 2.36. The molecule has 0 aliphatic rings. The van der Waals surface area contributed by atoms with Crippen LogP contribution in [-0.2, 0) is 0 Å². The standard InChI is InChI=1S/C21H44/c1-9-12-13-21(7,8)16-20(11-3)15-17(4)14-19(6)18(5)10-2/h17-20H,9-16H2,1-8H3. The fourth-order valence-electron chi connectivity index (χ4n) is 3.87. The molecule has 0 fully saturated rings. The summed E-state index contributed by atoms with van der Waals surface area (Å²) in [6.07, 6.45) is 11.1. The second-order valence-corrected chi connectivity index (χ2v) is 8.69. The zero-order chi connectivity index (χ0) is 16.5. The molecule has 0 aliphatic carbocycles. The largest absolute Gasteiger partial charge is 0.0654 e. The summed E-state index contributed by atoms with van der Waals surface area (Å²) < 4.78 is 0. The van der Waals surface area contributed by atoms with Gasteiger partial charge in [0.25, 0.3) is 0 Å². The van der Waals surface area contributed by atoms with Crippen LogP contribution in [0, 0.1) is 29.1 Å². The molecule has 4 unspecified atom stereocenters. The Morgan fingerprint density at radius 2 is 1.43 bits per heavy atom. The van der Waals surface area contributed by atoms with Gasteiger partial charge >= 0.3 is 0 Å². The van der Waals surface area contributed by atoms with Crippen LogP contribution < -0.4 is 0 Å². The Morgan fingerprint density at radius 1 is 0.810 bits per heavy atom. The highest BCUT2D eigenvalue weighted by atomic mass is 14.3. The molecule has 0 bridgehead atoms. The topological polar surface area (TPSA) is 0 Å². The van der Waals surface area contributed by atoms with Gasteiger partial charge in [-0.1, -0.05) is 81.1 Å². The molecular formula is C21H44. The molecule has 0 radical (unpaired) electrons. The van der Waals surface area contributed by atoms with E-state index in [4.69, 9.17) is 0 Å². The van der Waals surface area contributed by atoms with Crippen LogP contribution in [0.3, 0.4) is 0 Å². The van der Waals surface area contributed by atoms with Crippen LogP contribution in [0.1, 0.15) is 107 Å². The third-order valence-electron chi connectivity index (χ3n) is 5.75. The maximum absolute atomic E-state index is 2.49. The molecule has 0 N–H and O–H groups in total. The summed E-state index contributed by atoms with van der Waals surface area (Å²) >= 11 is 0. The summed E-state index contributed by atoms with van der Waals surface area (Å²) in [6.45, 7) is 19.4. The fraction of sp³-hybridized carbons (Fsp3) is 1.00. The van der Waals surface area contributed by atoms with Gasteiger partial charge in [-0.15, -0.1) is 0 Å². The quantitative estimate of drug-likeness (QED) is 0.346. The Bertz CT molecular complexity index is 240. The van der Waals surface area contributed by atoms with Gasteiger partial charge < -0.3 is 0 Å². The first-order chi connectivity index (χ1) is 9.75. The molecule has 0 saturated carbocycles. The zero-order valence-electron chi connectivity index (χ0n) is 16.5. The second-order valence-electron chi connectivity index (χ2n) is 8.69. The van der Waals surface area contributed by atoms with Crippen LogP contribution in [-0.4, -0.2) is 0 Å². The van der Waals surface area contributed by atoms with Crippen LogP contribution in [0.15, 0.2) is 0 Å². The van der Waals surface area contributed by atoms with Crippen molar-refractivity contribution < 1.29 is 0 Å². The minimum atomic E-state index is 0.540. The summed E-state index contributed by atoms with van der Waals surface area (Å²) in [5.41, 5.74) is 0.540. The van der Waals surface area contributed by atoms with Crippen molar-refractivity contribution in [3.63, 3.8) is 0 Å². The maximum atomic E-state index is 2.49. The van der Waals surface area contributed by atoms with Crippen molar-refractivity contribution in [2.75, 3.05) is 0 Å². The van der Waals surface area contributed by atoms with Gasteiger partial charge in [0.15, 0.2) is 0 Å². The lowest BCUT2D eigenvalue weighted by Gasteiger charge is -2.32. The van der Waals surface area contributed by atoms with E-state index < -0.39 is 0 Å². The zero-order valence-corrected chi connectivity index (χ0v) is 16.5. The molecule has 0 aromatic heterocycles. The van der Waals surface area contributed by atoms with Gasteiger partial charge in [-0.3, -0.25) is 0 Å². The van der Waals surface area contributed by atoms with Crippen molar-refractivity contribution in [3.8, 4) is 0 Å². The predicted molar refractivity (Wildman–Crippen MR) is 98.7 cm³/mol. The summed E-state index contributed by atoms with van der Waals surface area (Å²) in [6, 6.07) is 0. The molecule has 4 atom stereocenters. The highest BCUT2D eigenvalue weighted by Gasteiger charge is 2.24. The smallest absolute Gasteiger partial charge is 0.0352 e. The summed E-state index contributed by atoms with van der Waals surface area (Å²) in [7, 11) is 0. The first kappa shape index (κ1) is 21.0. The first-order valence-corrected chi connectivity index (χ1v) is 9.75. The van der Waals surface area contributed by atoms with Gasteiger partial charge in [0.1, 0.15) is 0 Å². The van der Waals surface area contributed by atoms with E-state index in [0.717, 1.165) is 23.7 Å². The Balaban J connectivity index is 4.29. The van der Waals surface area contributed by atoms with E-state index >= 15 is 0 Å². The lowest BCUT2D eigenvalue weighted by molar-refractivity contribution is 0.199. The van der Waals surface area contributed by atoms with Crippen molar-refractivity contribution in [1.29, 1.82) is 0 Å². The monoisotopic (exact) mass is 296 g/mol. The molecule has 0 amide bonds. The molecule has 0 aromatic carbocycles. The Kier molecular flexibility index (Phi) is 10.7. The lowest BCUT2D eigenvalue weighted by Crippen LogP contribution is -2.20. The maximum Gasteiger partial charge on any atom is -0.0352 e. The third kappa shape index (κ3) is 9.59. The number of hydrogen-bond donors (Lipinski definition) is 0. The Labute approximate surface area is 136 Å². The molecule has 0 nitrogen and oxygen atoms in total. The van der Waals surface area contributed by atoms with Gasteiger partial charge in [0, 0.05) is 0 Å². The van der Waals surface area contributed by atoms with E-state index in [-0.39, 0.29) is 0 Å². The summed E-state index contributed by atoms with van der Waals surface area (Å²) in [5.74, 6) is 3.58. The predicted octanol–water partition coefficient (Wildman–Crippen LogP) is 7.72. The lowest BCUT2D eigenvalue weighted by atomic mass is 9.74. The summed E-state index contributed by atoms with van der Waals surface area (Å²) in [5, 5.41) is 0. The van der Waals surface area contributed by atoms with Crippen LogP contribution in [0.25, 0.3) is 0 Å². The average Bonchev–Trinajstić information content (AvgIpc) is 2.42. The van der Waals surface area contributed by atoms with Crippen molar-refractivity contribution in [1.82, 2.24) is 0 Å². The second kappa shape index (κ2) is 10.7. The molecule has 0 saturated heterocycles. The molecule has 0 rings (SSSR count). The van der Waals surface area contributed by atoms with E-state index in [1.165, 1.54) is 51.4 Å². The van der Waals surface area contributed by atoms with E-state index in [0.29, 0.717) is 5.41 Å². The first-order valence-electron chi connectivity index (χ1n) is 9.75. The number of rotatable bonds is 12. The Morgan fingerprint density at radius 3 is 1.90 bits per heavy atom. The van der Waals surface area contributed by atoms with E-state index in [2.05, 4.69) is 55.4 Å². The average molecular weight is 297 g/mol. The SMILES string of the molecule is CCCCC(C)(C)CC(CC)CC(C)CC(C)C(C)CC. The highest BCUT2D eigenvalue weighted by molar-refractivity contribution is 4.75. The molecule has 0 aliphatic heterocycles. The molecule has 21 heavy (non-hydrogen) atoms. The Hall–Kier alpha value is 0. The molecule has 0 spiro atoms. The van der Waals surface area contributed by atoms with Gasteiger partial charge in [0.2, 0.25) is 0 Å². The van der Waals surface area contributed by atoms with E-state index in [1.54, 1.807) is 0 Å². The van der Waals surface area contributed by atoms with Crippen LogP contribution in [0.4, 0.5) is 0 Å². The molecule has 0 aromatic rings. The van der Waals surface area contributed by atoms with Crippen molar-refractivity contribution in [2.24, 2.45) is 29.1 Å². The van der Waals surface area contributed by atoms with Crippen molar-refractivity contribution in [2.45, 2.75) is 107 Å². The number of hydrogen-bond acceptors (Lipinski definition) is 0. The van der Waals surface area contributed by atoms with Crippen LogP contribution >= 0.6 is 0 Å². The van der Waals surface area contributed by atoms with Crippen LogP contribution in [0.5, 0.6) is 0 Å². The minimum absolute atomic E-state index is 0.540. The number of unbranched alkanes of at least 4 members (excludes halogenated alkanes) is 1. The van der Waals surface area contributed by atoms with Crippen molar-refractivity contribution >= 4 is 0 Å². The third-order valence-corrected chi connectivity index (χ3v) is 5.75. The van der Waals surface area contributed by atoms with Gasteiger partial charge in [0.05, 0.1) is 0 Å². The minimum Gasteiger partial charge on any atom is -0.0654 e. The molecule has 0 heteroatoms. The van der Waals surface area contributed by atoms with E-state index in [9.17, 15) is 0 Å². The van der Waals surface area contributed by atoms with Gasteiger partial charge in [-0.05, 0) is 54.8 Å². The molecule has 0 heterocycles. The van der Waals surface area contributed by atoms with Gasteiger partial charge in [-0.2, -0.15) is 0 Å².